The summed E-state index contributed by atoms with van der Waals surface area (Å²) >= 11 is 1.33. The molecule has 0 radical (unpaired) electrons. The van der Waals surface area contributed by atoms with Gasteiger partial charge in [0.15, 0.2) is 0 Å². The molecule has 0 atom stereocenters. The number of nitrogens with zero attached hydrogens (tertiary/aromatic N) is 4. The Morgan fingerprint density at radius 1 is 1.25 bits per heavy atom. The van der Waals surface area contributed by atoms with Crippen LogP contribution in [0.4, 0.5) is 11.4 Å². The molecule has 9 nitrogen and oxygen atoms in total. The number of carbonyl (C=O) groups is 1. The largest absolute Gasteiger partial charge is 0.397 e. The number of aromatic nitrogens is 3. The van der Waals surface area contributed by atoms with E-state index in [1.165, 1.54) is 17.0 Å². The zero-order valence-electron chi connectivity index (χ0n) is 20.3. The summed E-state index contributed by atoms with van der Waals surface area (Å²) in [4.78, 5) is 21.0. The molecule has 1 aliphatic rings. The van der Waals surface area contributed by atoms with Gasteiger partial charge in [-0.1, -0.05) is 6.07 Å². The maximum Gasteiger partial charge on any atom is 0.263 e. The third kappa shape index (κ3) is 5.06. The fourth-order valence-corrected chi connectivity index (χ4v) is 5.59. The number of aryl methyl sites for hydroxylation is 1. The van der Waals surface area contributed by atoms with E-state index in [2.05, 4.69) is 43.8 Å². The summed E-state index contributed by atoms with van der Waals surface area (Å²) in [5.74, 6) is -0.170. The molecule has 0 saturated carbocycles. The van der Waals surface area contributed by atoms with Crippen LogP contribution in [0.15, 0.2) is 42.7 Å². The second-order valence-corrected chi connectivity index (χ2v) is 9.96. The topological polar surface area (TPSA) is 121 Å². The molecule has 0 bridgehead atoms. The lowest BCUT2D eigenvalue weighted by atomic mass is 10.0. The Hall–Kier alpha value is -3.47. The number of carbonyl (C=O) groups excluding carboxylic acids is 1. The molecule has 188 valence electrons. The molecule has 0 spiro atoms. The van der Waals surface area contributed by atoms with Crippen molar-refractivity contribution in [3.8, 4) is 11.1 Å². The average molecular weight is 506 g/mol. The summed E-state index contributed by atoms with van der Waals surface area (Å²) in [5.41, 5.74) is 12.1. The Balaban J connectivity index is 1.32. The van der Waals surface area contributed by atoms with Gasteiger partial charge in [0.2, 0.25) is 0 Å². The van der Waals surface area contributed by atoms with E-state index in [0.29, 0.717) is 30.1 Å². The molecule has 3 aromatic heterocycles. The van der Waals surface area contributed by atoms with Crippen molar-refractivity contribution in [2.24, 2.45) is 0 Å². The van der Waals surface area contributed by atoms with Gasteiger partial charge in [-0.25, -0.2) is 4.98 Å². The van der Waals surface area contributed by atoms with Gasteiger partial charge in [-0.05, 0) is 43.2 Å². The third-order valence-electron chi connectivity index (χ3n) is 6.43. The van der Waals surface area contributed by atoms with Crippen molar-refractivity contribution < 1.29 is 9.90 Å². The molecule has 36 heavy (non-hydrogen) atoms. The normalized spacial score (nSPS) is 13.9. The number of nitrogen functional groups attached to an aromatic ring is 1. The first-order chi connectivity index (χ1) is 17.5. The molecular weight excluding hydrogens is 474 g/mol. The van der Waals surface area contributed by atoms with Gasteiger partial charge in [0.25, 0.3) is 5.91 Å². The highest BCUT2D eigenvalue weighted by Gasteiger charge is 2.19. The first-order valence-corrected chi connectivity index (χ1v) is 13.0. The first-order valence-electron chi connectivity index (χ1n) is 12.2. The molecule has 1 fully saturated rings. The van der Waals surface area contributed by atoms with Crippen molar-refractivity contribution in [3.05, 3.63) is 58.9 Å². The predicted molar refractivity (Wildman–Crippen MR) is 145 cm³/mol. The number of anilines is 2. The van der Waals surface area contributed by atoms with Gasteiger partial charge in [-0.2, -0.15) is 5.10 Å². The van der Waals surface area contributed by atoms with Crippen LogP contribution in [0.2, 0.25) is 0 Å². The smallest absolute Gasteiger partial charge is 0.263 e. The van der Waals surface area contributed by atoms with E-state index in [0.717, 1.165) is 58.8 Å². The van der Waals surface area contributed by atoms with Crippen molar-refractivity contribution in [2.75, 3.05) is 50.0 Å². The number of thiophene rings is 1. The summed E-state index contributed by atoms with van der Waals surface area (Å²) < 4.78 is 1.76. The fraction of sp³-hybridized carbons (Fsp3) is 0.346. The molecule has 0 aliphatic carbocycles. The molecule has 10 heteroatoms. The standard InChI is InChI=1S/C26H31N7O2S/c1-17-2-4-20-23(27)24(36-26(20)31-17)25(35)29-7-6-18-3-5-22(32-10-8-28-9-11-32)21(14-18)19-15-30-33(16-19)12-13-34/h2-5,14-16,28,34H,6-13,27H2,1H3,(H,29,35). The number of hydrogen-bond donors (Lipinski definition) is 4. The number of benzene rings is 1. The minimum Gasteiger partial charge on any atom is -0.397 e. The van der Waals surface area contributed by atoms with Crippen LogP contribution < -0.4 is 21.3 Å². The Labute approximate surface area is 213 Å². The Morgan fingerprint density at radius 3 is 2.89 bits per heavy atom. The monoisotopic (exact) mass is 505 g/mol. The van der Waals surface area contributed by atoms with Crippen molar-refractivity contribution in [1.82, 2.24) is 25.4 Å². The van der Waals surface area contributed by atoms with Crippen LogP contribution in [0.5, 0.6) is 0 Å². The fourth-order valence-electron chi connectivity index (χ4n) is 4.54. The van der Waals surface area contributed by atoms with Crippen molar-refractivity contribution in [1.29, 1.82) is 0 Å². The lowest BCUT2D eigenvalue weighted by molar-refractivity contribution is 0.0959. The third-order valence-corrected chi connectivity index (χ3v) is 7.54. The van der Waals surface area contributed by atoms with Gasteiger partial charge in [0, 0.05) is 66.8 Å². The van der Waals surface area contributed by atoms with Crippen molar-refractivity contribution in [3.63, 3.8) is 0 Å². The summed E-state index contributed by atoms with van der Waals surface area (Å²) in [6.45, 7) is 6.72. The molecular formula is C26H31N7O2S. The van der Waals surface area contributed by atoms with E-state index in [1.54, 1.807) is 4.68 Å². The van der Waals surface area contributed by atoms with Crippen molar-refractivity contribution in [2.45, 2.75) is 19.9 Å². The van der Waals surface area contributed by atoms with E-state index >= 15 is 0 Å². The van der Waals surface area contributed by atoms with Crippen LogP contribution in [-0.2, 0) is 13.0 Å². The van der Waals surface area contributed by atoms with Crippen molar-refractivity contribution >= 4 is 38.8 Å². The van der Waals surface area contributed by atoms with E-state index < -0.39 is 0 Å². The molecule has 5 N–H and O–H groups in total. The lowest BCUT2D eigenvalue weighted by Crippen LogP contribution is -2.43. The molecule has 1 aliphatic heterocycles. The number of hydrogen-bond acceptors (Lipinski definition) is 8. The number of aliphatic hydroxyl groups is 1. The molecule has 1 saturated heterocycles. The Kier molecular flexibility index (Phi) is 7.17. The molecule has 4 aromatic rings. The van der Waals surface area contributed by atoms with Crippen LogP contribution in [0.3, 0.4) is 0 Å². The molecule has 1 aromatic carbocycles. The number of aliphatic hydroxyl groups excluding tert-OH is 1. The lowest BCUT2D eigenvalue weighted by Gasteiger charge is -2.31. The molecule has 0 unspecified atom stereocenters. The van der Waals surface area contributed by atoms with Gasteiger partial charge in [-0.3, -0.25) is 9.48 Å². The average Bonchev–Trinajstić information content (AvgIpc) is 3.49. The summed E-state index contributed by atoms with van der Waals surface area (Å²) in [6.07, 6.45) is 4.51. The zero-order valence-corrected chi connectivity index (χ0v) is 21.1. The SMILES string of the molecule is Cc1ccc2c(N)c(C(=O)NCCc3ccc(N4CCNCC4)c(-c4cnn(CCO)c4)c3)sc2n1. The molecule has 5 rings (SSSR count). The summed E-state index contributed by atoms with van der Waals surface area (Å²) in [7, 11) is 0. The second kappa shape index (κ2) is 10.7. The minimum atomic E-state index is -0.170. The summed E-state index contributed by atoms with van der Waals surface area (Å²) in [5, 5.41) is 20.9. The van der Waals surface area contributed by atoms with Gasteiger partial charge in [0.05, 0.1) is 25.0 Å². The van der Waals surface area contributed by atoms with Crippen LogP contribution >= 0.6 is 11.3 Å². The number of rotatable bonds is 8. The number of pyridine rings is 1. The molecule has 4 heterocycles. The van der Waals surface area contributed by atoms with Gasteiger partial charge >= 0.3 is 0 Å². The van der Waals surface area contributed by atoms with Crippen LogP contribution in [-0.4, -0.2) is 65.1 Å². The minimum absolute atomic E-state index is 0.0471. The van der Waals surface area contributed by atoms with E-state index in [1.807, 2.05) is 31.5 Å². The number of fused-ring (bicyclic) bond motifs is 1. The highest BCUT2D eigenvalue weighted by Crippen LogP contribution is 2.33. The van der Waals surface area contributed by atoms with E-state index in [9.17, 15) is 9.90 Å². The van der Waals surface area contributed by atoms with Crippen LogP contribution in [0.1, 0.15) is 20.9 Å². The van der Waals surface area contributed by atoms with Gasteiger partial charge in [0.1, 0.15) is 9.71 Å². The molecule has 1 amide bonds. The quantitative estimate of drug-likeness (QED) is 0.290. The predicted octanol–water partition coefficient (Wildman–Crippen LogP) is 2.42. The summed E-state index contributed by atoms with van der Waals surface area (Å²) in [6, 6.07) is 10.3. The van der Waals surface area contributed by atoms with Gasteiger partial charge < -0.3 is 26.4 Å². The highest BCUT2D eigenvalue weighted by atomic mass is 32.1. The number of nitrogens with one attached hydrogen (secondary N) is 2. The second-order valence-electron chi connectivity index (χ2n) is 8.96. The number of amides is 1. The maximum atomic E-state index is 12.9. The zero-order chi connectivity index (χ0) is 25.1. The number of piperazine rings is 1. The maximum absolute atomic E-state index is 12.9. The Bertz CT molecular complexity index is 1370. The van der Waals surface area contributed by atoms with Crippen LogP contribution in [0.25, 0.3) is 21.3 Å². The van der Waals surface area contributed by atoms with Crippen LogP contribution in [0, 0.1) is 6.92 Å². The highest BCUT2D eigenvalue weighted by molar-refractivity contribution is 7.21. The number of nitrogens with two attached hydrogens (primary N) is 1. The first kappa shape index (κ1) is 24.2. The van der Waals surface area contributed by atoms with Gasteiger partial charge in [-0.15, -0.1) is 11.3 Å². The van der Waals surface area contributed by atoms with E-state index in [-0.39, 0.29) is 12.5 Å². The Morgan fingerprint density at radius 2 is 2.08 bits per heavy atom. The van der Waals surface area contributed by atoms with E-state index in [4.69, 9.17) is 5.73 Å².